The third kappa shape index (κ3) is 3.84. The Bertz CT molecular complexity index is 979. The lowest BCUT2D eigenvalue weighted by atomic mass is 9.87. The molecule has 2 aromatic rings. The Morgan fingerprint density at radius 1 is 1.00 bits per heavy atom. The van der Waals surface area contributed by atoms with Gasteiger partial charge in [-0.2, -0.15) is 0 Å². The smallest absolute Gasteiger partial charge is 0.409 e. The molecular formula is C22H27NO6S. The molecule has 1 amide bonds. The van der Waals surface area contributed by atoms with E-state index < -0.39 is 20.7 Å². The average molecular weight is 434 g/mol. The number of para-hydroxylation sites is 1. The molecule has 0 aliphatic carbocycles. The number of ether oxygens (including phenoxy) is 3. The van der Waals surface area contributed by atoms with Crippen molar-refractivity contribution in [2.45, 2.75) is 29.4 Å². The number of carbonyl (C=O) groups excluding carboxylic acids is 1. The van der Waals surface area contributed by atoms with Crippen LogP contribution < -0.4 is 9.47 Å². The minimum Gasteiger partial charge on any atom is -0.497 e. The number of hydrogen-bond acceptors (Lipinski definition) is 6. The molecule has 162 valence electrons. The van der Waals surface area contributed by atoms with Crippen LogP contribution in [0.4, 0.5) is 4.79 Å². The highest BCUT2D eigenvalue weighted by Crippen LogP contribution is 2.47. The lowest BCUT2D eigenvalue weighted by molar-refractivity contribution is 0.0938. The Hall–Kier alpha value is -2.74. The zero-order chi connectivity index (χ0) is 21.8. The standard InChI is InChI=1S/C22H27NO6S/c1-4-29-21(24)23-15-13-22(14-16-23,19-7-5-6-8-20(19)28-3)30(25,26)18-11-9-17(27-2)10-12-18/h5-12H,4,13-16H2,1-3H3. The van der Waals surface area contributed by atoms with Crippen LogP contribution in [-0.2, 0) is 19.3 Å². The van der Waals surface area contributed by atoms with Gasteiger partial charge in [0.05, 0.1) is 25.7 Å². The van der Waals surface area contributed by atoms with E-state index in [9.17, 15) is 13.2 Å². The Morgan fingerprint density at radius 3 is 2.20 bits per heavy atom. The first-order chi connectivity index (χ1) is 14.4. The van der Waals surface area contributed by atoms with Gasteiger partial charge < -0.3 is 19.1 Å². The van der Waals surface area contributed by atoms with E-state index in [1.165, 1.54) is 14.2 Å². The van der Waals surface area contributed by atoms with Gasteiger partial charge in [-0.15, -0.1) is 0 Å². The summed E-state index contributed by atoms with van der Waals surface area (Å²) < 4.78 is 42.4. The maximum Gasteiger partial charge on any atom is 0.409 e. The summed E-state index contributed by atoms with van der Waals surface area (Å²) in [6.45, 7) is 2.56. The quantitative estimate of drug-likeness (QED) is 0.692. The summed E-state index contributed by atoms with van der Waals surface area (Å²) in [5.74, 6) is 1.09. The summed E-state index contributed by atoms with van der Waals surface area (Å²) in [6.07, 6.45) is 0.0501. The topological polar surface area (TPSA) is 82.1 Å². The molecule has 3 rings (SSSR count). The van der Waals surface area contributed by atoms with Gasteiger partial charge in [0.2, 0.25) is 0 Å². The van der Waals surface area contributed by atoms with Gasteiger partial charge in [-0.05, 0) is 50.1 Å². The first-order valence-electron chi connectivity index (χ1n) is 9.83. The van der Waals surface area contributed by atoms with Crippen molar-refractivity contribution in [1.29, 1.82) is 0 Å². The van der Waals surface area contributed by atoms with Crippen LogP contribution in [-0.4, -0.2) is 53.3 Å². The number of sulfone groups is 1. The largest absolute Gasteiger partial charge is 0.497 e. The number of amides is 1. The van der Waals surface area contributed by atoms with Crippen LogP contribution in [0.1, 0.15) is 25.3 Å². The molecule has 30 heavy (non-hydrogen) atoms. The van der Waals surface area contributed by atoms with E-state index in [2.05, 4.69) is 0 Å². The second-order valence-electron chi connectivity index (χ2n) is 7.06. The molecule has 1 fully saturated rings. The third-order valence-electron chi connectivity index (χ3n) is 5.58. The van der Waals surface area contributed by atoms with Gasteiger partial charge in [0, 0.05) is 18.7 Å². The van der Waals surface area contributed by atoms with Crippen LogP contribution in [0.5, 0.6) is 11.5 Å². The molecule has 1 aliphatic heterocycles. The number of nitrogens with zero attached hydrogens (tertiary/aromatic N) is 1. The SMILES string of the molecule is CCOC(=O)N1CCC(c2ccccc2OC)(S(=O)(=O)c2ccc(OC)cc2)CC1. The molecule has 0 aromatic heterocycles. The summed E-state index contributed by atoms with van der Waals surface area (Å²) in [5.41, 5.74) is 0.604. The third-order valence-corrected chi connectivity index (χ3v) is 8.13. The highest BCUT2D eigenvalue weighted by molar-refractivity contribution is 7.92. The molecule has 0 saturated carbocycles. The van der Waals surface area contributed by atoms with Crippen molar-refractivity contribution >= 4 is 15.9 Å². The number of piperidine rings is 1. The molecule has 0 N–H and O–H groups in total. The molecule has 0 atom stereocenters. The number of benzene rings is 2. The number of hydrogen-bond donors (Lipinski definition) is 0. The zero-order valence-corrected chi connectivity index (χ0v) is 18.3. The fourth-order valence-electron chi connectivity index (χ4n) is 3.95. The molecule has 0 bridgehead atoms. The van der Waals surface area contributed by atoms with E-state index >= 15 is 0 Å². The van der Waals surface area contributed by atoms with E-state index in [4.69, 9.17) is 14.2 Å². The first kappa shape index (κ1) is 22.0. The monoisotopic (exact) mass is 433 g/mol. The van der Waals surface area contributed by atoms with E-state index in [1.54, 1.807) is 54.3 Å². The zero-order valence-electron chi connectivity index (χ0n) is 17.5. The fourth-order valence-corrected chi connectivity index (χ4v) is 6.07. The average Bonchev–Trinajstić information content (AvgIpc) is 2.79. The van der Waals surface area contributed by atoms with Gasteiger partial charge in [-0.3, -0.25) is 0 Å². The number of likely N-dealkylation sites (tertiary alicyclic amines) is 1. The Kier molecular flexibility index (Phi) is 6.55. The number of methoxy groups -OCH3 is 2. The minimum atomic E-state index is -3.81. The molecular weight excluding hydrogens is 406 g/mol. The van der Waals surface area contributed by atoms with Crippen LogP contribution >= 0.6 is 0 Å². The molecule has 0 spiro atoms. The van der Waals surface area contributed by atoms with Crippen LogP contribution in [0.25, 0.3) is 0 Å². The molecule has 1 saturated heterocycles. The Morgan fingerprint density at radius 2 is 1.63 bits per heavy atom. The van der Waals surface area contributed by atoms with Crippen molar-refractivity contribution in [2.24, 2.45) is 0 Å². The summed E-state index contributed by atoms with van der Waals surface area (Å²) in [4.78, 5) is 13.9. The maximum atomic E-state index is 13.9. The molecule has 0 unspecified atom stereocenters. The summed E-state index contributed by atoms with van der Waals surface area (Å²) in [5, 5.41) is 0. The predicted molar refractivity (Wildman–Crippen MR) is 113 cm³/mol. The van der Waals surface area contributed by atoms with Gasteiger partial charge in [0.15, 0.2) is 9.84 Å². The summed E-state index contributed by atoms with van der Waals surface area (Å²) >= 11 is 0. The normalized spacial score (nSPS) is 16.0. The van der Waals surface area contributed by atoms with Crippen molar-refractivity contribution < 1.29 is 27.4 Å². The second-order valence-corrected chi connectivity index (χ2v) is 9.32. The molecule has 7 nitrogen and oxygen atoms in total. The molecule has 8 heteroatoms. The highest BCUT2D eigenvalue weighted by Gasteiger charge is 2.50. The van der Waals surface area contributed by atoms with Crippen LogP contribution in [0.15, 0.2) is 53.4 Å². The van der Waals surface area contributed by atoms with Gasteiger partial charge in [0.25, 0.3) is 0 Å². The van der Waals surface area contributed by atoms with Gasteiger partial charge in [0.1, 0.15) is 16.2 Å². The van der Waals surface area contributed by atoms with E-state index in [0.29, 0.717) is 17.1 Å². The molecule has 2 aromatic carbocycles. The molecule has 1 aliphatic rings. The minimum absolute atomic E-state index is 0.207. The summed E-state index contributed by atoms with van der Waals surface area (Å²) in [6, 6.07) is 13.6. The van der Waals surface area contributed by atoms with Crippen LogP contribution in [0, 0.1) is 0 Å². The van der Waals surface area contributed by atoms with Crippen molar-refractivity contribution in [3.63, 3.8) is 0 Å². The predicted octanol–water partition coefficient (Wildman–Crippen LogP) is 3.63. The molecule has 1 heterocycles. The van der Waals surface area contributed by atoms with Crippen LogP contribution in [0.3, 0.4) is 0 Å². The Labute approximate surface area is 177 Å². The Balaban J connectivity index is 2.08. The first-order valence-corrected chi connectivity index (χ1v) is 11.3. The van der Waals surface area contributed by atoms with E-state index in [-0.39, 0.29) is 37.4 Å². The highest BCUT2D eigenvalue weighted by atomic mass is 32.2. The van der Waals surface area contributed by atoms with E-state index in [1.807, 2.05) is 6.07 Å². The van der Waals surface area contributed by atoms with Gasteiger partial charge in [-0.25, -0.2) is 13.2 Å². The summed E-state index contributed by atoms with van der Waals surface area (Å²) in [7, 11) is -0.749. The number of carbonyl (C=O) groups is 1. The maximum absolute atomic E-state index is 13.9. The van der Waals surface area contributed by atoms with Crippen molar-refractivity contribution in [1.82, 2.24) is 4.90 Å². The van der Waals surface area contributed by atoms with Crippen molar-refractivity contribution in [3.05, 3.63) is 54.1 Å². The van der Waals surface area contributed by atoms with E-state index in [0.717, 1.165) is 0 Å². The second kappa shape index (κ2) is 8.95. The number of rotatable bonds is 6. The van der Waals surface area contributed by atoms with Crippen molar-refractivity contribution in [3.8, 4) is 11.5 Å². The molecule has 0 radical (unpaired) electrons. The van der Waals surface area contributed by atoms with Gasteiger partial charge >= 0.3 is 6.09 Å². The van der Waals surface area contributed by atoms with Crippen molar-refractivity contribution in [2.75, 3.05) is 33.9 Å². The van der Waals surface area contributed by atoms with Gasteiger partial charge in [-0.1, -0.05) is 18.2 Å². The fraction of sp³-hybridized carbons (Fsp3) is 0.409. The van der Waals surface area contributed by atoms with Crippen LogP contribution in [0.2, 0.25) is 0 Å². The lowest BCUT2D eigenvalue weighted by Crippen LogP contribution is -2.49. The lowest BCUT2D eigenvalue weighted by Gasteiger charge is -2.41.